The Balaban J connectivity index is 1.81. The number of anilines is 3. The molecule has 0 bridgehead atoms. The molecule has 8 nitrogen and oxygen atoms in total. The predicted octanol–water partition coefficient (Wildman–Crippen LogP) is 1.81. The summed E-state index contributed by atoms with van der Waals surface area (Å²) in [5.41, 5.74) is 1.39. The maximum absolute atomic E-state index is 12.6. The summed E-state index contributed by atoms with van der Waals surface area (Å²) in [5.74, 6) is -0.394. The van der Waals surface area contributed by atoms with E-state index in [0.717, 1.165) is 10.6 Å². The number of hydrogen-bond acceptors (Lipinski definition) is 5. The van der Waals surface area contributed by atoms with Gasteiger partial charge in [-0.1, -0.05) is 18.2 Å². The fourth-order valence-corrected chi connectivity index (χ4v) is 3.67. The molecule has 0 radical (unpaired) electrons. The van der Waals surface area contributed by atoms with Gasteiger partial charge in [0.2, 0.25) is 15.9 Å². The van der Waals surface area contributed by atoms with Crippen molar-refractivity contribution in [3.05, 3.63) is 48.5 Å². The van der Waals surface area contributed by atoms with Crippen LogP contribution >= 0.6 is 0 Å². The topological polar surface area (TPSA) is 105 Å². The lowest BCUT2D eigenvalue weighted by Crippen LogP contribution is -2.48. The van der Waals surface area contributed by atoms with E-state index in [1.54, 1.807) is 48.5 Å². The Morgan fingerprint density at radius 3 is 2.41 bits per heavy atom. The molecule has 0 aliphatic carbocycles. The second-order valence-electron chi connectivity index (χ2n) is 6.12. The number of carbonyl (C=O) groups excluding carboxylic acids is 2. The minimum atomic E-state index is -3.57. The van der Waals surface area contributed by atoms with Crippen LogP contribution in [0.2, 0.25) is 0 Å². The number of sulfonamides is 1. The second kappa shape index (κ2) is 7.28. The molecule has 1 aliphatic rings. The van der Waals surface area contributed by atoms with E-state index in [1.807, 2.05) is 0 Å². The second-order valence-corrected chi connectivity index (χ2v) is 8.03. The summed E-state index contributed by atoms with van der Waals surface area (Å²) in [6.07, 6.45) is 0.0695. The van der Waals surface area contributed by atoms with Crippen molar-refractivity contribution in [2.45, 2.75) is 13.0 Å². The first-order valence-corrected chi connectivity index (χ1v) is 10.0. The van der Waals surface area contributed by atoms with Gasteiger partial charge in [0.1, 0.15) is 5.75 Å². The van der Waals surface area contributed by atoms with Crippen molar-refractivity contribution in [2.75, 3.05) is 27.7 Å². The number of fused-ring (bicyclic) bond motifs is 1. The van der Waals surface area contributed by atoms with Crippen LogP contribution in [0.5, 0.6) is 5.75 Å². The van der Waals surface area contributed by atoms with Gasteiger partial charge in [0.05, 0.1) is 18.5 Å². The Kier molecular flexibility index (Phi) is 5.04. The lowest BCUT2D eigenvalue weighted by Gasteiger charge is -2.33. The number of ether oxygens (including phenoxy) is 1. The number of hydrogen-bond donors (Lipinski definition) is 2. The van der Waals surface area contributed by atoms with Gasteiger partial charge in [-0.25, -0.2) is 8.42 Å². The first kappa shape index (κ1) is 18.7. The first-order valence-electron chi connectivity index (χ1n) is 8.16. The average Bonchev–Trinajstić information content (AvgIpc) is 2.59. The maximum Gasteiger partial charge on any atom is 0.267 e. The summed E-state index contributed by atoms with van der Waals surface area (Å²) in [6.45, 7) is 1.26. The van der Waals surface area contributed by atoms with E-state index in [0.29, 0.717) is 22.8 Å². The molecule has 2 amide bonds. The van der Waals surface area contributed by atoms with Crippen molar-refractivity contribution in [3.8, 4) is 5.75 Å². The van der Waals surface area contributed by atoms with Crippen molar-refractivity contribution in [1.29, 1.82) is 0 Å². The minimum Gasteiger partial charge on any atom is -0.476 e. The van der Waals surface area contributed by atoms with Crippen LogP contribution in [0.15, 0.2) is 48.5 Å². The Bertz CT molecular complexity index is 990. The van der Waals surface area contributed by atoms with E-state index in [4.69, 9.17) is 4.74 Å². The summed E-state index contributed by atoms with van der Waals surface area (Å²) in [4.78, 5) is 23.8. The number of para-hydroxylation sites is 2. The van der Waals surface area contributed by atoms with Gasteiger partial charge in [-0.3, -0.25) is 13.9 Å². The largest absolute Gasteiger partial charge is 0.476 e. The van der Waals surface area contributed by atoms with Crippen molar-refractivity contribution in [1.82, 2.24) is 0 Å². The molecule has 1 aliphatic heterocycles. The van der Waals surface area contributed by atoms with Gasteiger partial charge >= 0.3 is 0 Å². The highest BCUT2D eigenvalue weighted by molar-refractivity contribution is 7.92. The lowest BCUT2D eigenvalue weighted by atomic mass is 10.2. The van der Waals surface area contributed by atoms with Gasteiger partial charge in [0.25, 0.3) is 5.91 Å². The Morgan fingerprint density at radius 1 is 1.07 bits per heavy atom. The van der Waals surface area contributed by atoms with Crippen LogP contribution in [0, 0.1) is 0 Å². The normalized spacial score (nSPS) is 16.1. The molecule has 3 rings (SSSR count). The van der Waals surface area contributed by atoms with Crippen LogP contribution in [0.4, 0.5) is 17.1 Å². The summed E-state index contributed by atoms with van der Waals surface area (Å²) in [5, 5.41) is 5.32. The third-order valence-corrected chi connectivity index (χ3v) is 5.02. The molecule has 1 heterocycles. The number of nitrogens with one attached hydrogen (secondary N) is 2. The molecule has 1 atom stereocenters. The Hall–Kier alpha value is -3.07. The van der Waals surface area contributed by atoms with E-state index >= 15 is 0 Å². The molecular formula is C18H19N3O5S. The Morgan fingerprint density at radius 2 is 1.74 bits per heavy atom. The lowest BCUT2D eigenvalue weighted by molar-refractivity contribution is -0.122. The number of benzene rings is 2. The third kappa shape index (κ3) is 4.37. The predicted molar refractivity (Wildman–Crippen MR) is 102 cm³/mol. The molecule has 9 heteroatoms. The number of carbonyl (C=O) groups is 2. The van der Waals surface area contributed by atoms with E-state index in [9.17, 15) is 18.0 Å². The first-order chi connectivity index (χ1) is 12.7. The highest BCUT2D eigenvalue weighted by atomic mass is 32.2. The molecular weight excluding hydrogens is 370 g/mol. The Labute approximate surface area is 157 Å². The van der Waals surface area contributed by atoms with Gasteiger partial charge in [0.15, 0.2) is 6.10 Å². The smallest absolute Gasteiger partial charge is 0.267 e. The summed E-state index contributed by atoms with van der Waals surface area (Å²) in [6, 6.07) is 13.3. The van der Waals surface area contributed by atoms with E-state index in [1.165, 1.54) is 6.92 Å². The van der Waals surface area contributed by atoms with Crippen molar-refractivity contribution < 1.29 is 22.7 Å². The van der Waals surface area contributed by atoms with Crippen LogP contribution < -0.4 is 19.7 Å². The zero-order valence-electron chi connectivity index (χ0n) is 14.8. The van der Waals surface area contributed by atoms with Crippen molar-refractivity contribution >= 4 is 38.9 Å². The molecule has 0 fully saturated rings. The molecule has 27 heavy (non-hydrogen) atoms. The number of amides is 2. The monoisotopic (exact) mass is 389 g/mol. The van der Waals surface area contributed by atoms with Crippen LogP contribution in [-0.2, 0) is 19.6 Å². The highest BCUT2D eigenvalue weighted by Crippen LogP contribution is 2.34. The molecule has 0 saturated carbocycles. The van der Waals surface area contributed by atoms with Crippen molar-refractivity contribution in [2.24, 2.45) is 0 Å². The minimum absolute atomic E-state index is 0.132. The van der Waals surface area contributed by atoms with Crippen LogP contribution in [0.3, 0.4) is 0 Å². The summed E-state index contributed by atoms with van der Waals surface area (Å²) >= 11 is 0. The van der Waals surface area contributed by atoms with Gasteiger partial charge < -0.3 is 15.4 Å². The molecule has 0 spiro atoms. The molecule has 0 aromatic heterocycles. The van der Waals surface area contributed by atoms with Crippen LogP contribution in [0.25, 0.3) is 0 Å². The summed E-state index contributed by atoms with van der Waals surface area (Å²) in [7, 11) is -3.57. The maximum atomic E-state index is 12.6. The zero-order chi connectivity index (χ0) is 19.6. The highest BCUT2D eigenvalue weighted by Gasteiger charge is 2.34. The van der Waals surface area contributed by atoms with Crippen molar-refractivity contribution in [3.63, 3.8) is 0 Å². The standard InChI is InChI=1S/C18H19N3O5S/c1-12(22)19-13-6-5-7-14(10-13)20-18(23)17-11-21(27(2,24)25)15-8-3-4-9-16(15)26-17/h3-10,17H,11H2,1-2H3,(H,19,22)(H,20,23)/t17-/m1/s1. The molecule has 142 valence electrons. The number of rotatable bonds is 4. The average molecular weight is 389 g/mol. The van der Waals surface area contributed by atoms with Gasteiger partial charge in [-0.15, -0.1) is 0 Å². The SMILES string of the molecule is CC(=O)Nc1cccc(NC(=O)[C@H]2CN(S(C)(=O)=O)c3ccccc3O2)c1. The summed E-state index contributed by atoms with van der Waals surface area (Å²) < 4.78 is 31.1. The zero-order valence-corrected chi connectivity index (χ0v) is 15.6. The fraction of sp³-hybridized carbons (Fsp3) is 0.222. The fourth-order valence-electron chi connectivity index (χ4n) is 2.75. The van der Waals surface area contributed by atoms with E-state index in [-0.39, 0.29) is 12.5 Å². The van der Waals surface area contributed by atoms with E-state index in [2.05, 4.69) is 10.6 Å². The molecule has 2 aromatic rings. The number of nitrogens with zero attached hydrogens (tertiary/aromatic N) is 1. The quantitative estimate of drug-likeness (QED) is 0.830. The molecule has 2 N–H and O–H groups in total. The molecule has 2 aromatic carbocycles. The van der Waals surface area contributed by atoms with E-state index < -0.39 is 22.0 Å². The van der Waals surface area contributed by atoms with Gasteiger partial charge in [-0.05, 0) is 30.3 Å². The molecule has 0 unspecified atom stereocenters. The van der Waals surface area contributed by atoms with Crippen LogP contribution in [-0.4, -0.2) is 39.1 Å². The molecule has 0 saturated heterocycles. The third-order valence-electron chi connectivity index (χ3n) is 3.88. The van der Waals surface area contributed by atoms with Gasteiger partial charge in [-0.2, -0.15) is 0 Å². The van der Waals surface area contributed by atoms with Gasteiger partial charge in [0, 0.05) is 18.3 Å². The van der Waals surface area contributed by atoms with Crippen LogP contribution in [0.1, 0.15) is 6.92 Å².